The second kappa shape index (κ2) is 9.57. The number of aryl methyl sites for hydroxylation is 2. The minimum Gasteiger partial charge on any atom is -0.493 e. The molecule has 9 nitrogen and oxygen atoms in total. The van der Waals surface area contributed by atoms with Crippen LogP contribution in [-0.4, -0.2) is 34.1 Å². The highest BCUT2D eigenvalue weighted by Crippen LogP contribution is 2.32. The first-order chi connectivity index (χ1) is 14.3. The Kier molecular flexibility index (Phi) is 6.88. The first kappa shape index (κ1) is 21.6. The fraction of sp³-hybridized carbons (Fsp3) is 0.350. The monoisotopic (exact) mass is 434 g/mol. The molecule has 0 aliphatic carbocycles. The Hall–Kier alpha value is -3.14. The maximum absolute atomic E-state index is 12.9. The summed E-state index contributed by atoms with van der Waals surface area (Å²) in [6.45, 7) is 3.19. The van der Waals surface area contributed by atoms with Crippen LogP contribution in [0.25, 0.3) is 0 Å². The topological polar surface area (TPSA) is 138 Å². The summed E-state index contributed by atoms with van der Waals surface area (Å²) in [7, 11) is -4.01. The van der Waals surface area contributed by atoms with Crippen molar-refractivity contribution in [2.45, 2.75) is 31.1 Å². The lowest BCUT2D eigenvalue weighted by molar-refractivity contribution is 0.127. The third-order valence-electron chi connectivity index (χ3n) is 4.36. The lowest BCUT2D eigenvalue weighted by Gasteiger charge is -2.21. The molecule has 0 saturated heterocycles. The largest absolute Gasteiger partial charge is 0.493 e. The van der Waals surface area contributed by atoms with Crippen molar-refractivity contribution in [3.63, 3.8) is 0 Å². The molecule has 2 aromatic carbocycles. The molecule has 0 unspecified atom stereocenters. The van der Waals surface area contributed by atoms with Gasteiger partial charge in [-0.15, -0.1) is 0 Å². The Labute approximate surface area is 176 Å². The highest BCUT2D eigenvalue weighted by Gasteiger charge is 2.24. The van der Waals surface area contributed by atoms with E-state index in [1.165, 1.54) is 0 Å². The first-order valence-corrected chi connectivity index (χ1v) is 11.0. The molecule has 1 heterocycles. The van der Waals surface area contributed by atoms with Gasteiger partial charge in [0.1, 0.15) is 23.0 Å². The van der Waals surface area contributed by atoms with Gasteiger partial charge in [0.15, 0.2) is 0 Å². The Morgan fingerprint density at radius 2 is 1.97 bits per heavy atom. The Balaban J connectivity index is 1.69. The van der Waals surface area contributed by atoms with Gasteiger partial charge >= 0.3 is 10.1 Å². The second-order valence-corrected chi connectivity index (χ2v) is 8.41. The number of para-hydroxylation sites is 1. The normalized spacial score (nSPS) is 13.0. The maximum atomic E-state index is 12.9. The quantitative estimate of drug-likeness (QED) is 0.179. The van der Waals surface area contributed by atoms with Crippen molar-refractivity contribution in [2.24, 2.45) is 16.6 Å². The van der Waals surface area contributed by atoms with E-state index in [4.69, 9.17) is 25.2 Å². The molecule has 30 heavy (non-hydrogen) atoms. The summed E-state index contributed by atoms with van der Waals surface area (Å²) in [6, 6.07) is 10.2. The Bertz CT molecular complexity index is 1020. The molecular formula is C20H26N4O5S. The van der Waals surface area contributed by atoms with Crippen LogP contribution in [0.3, 0.4) is 0 Å². The minimum atomic E-state index is -4.01. The molecule has 0 atom stereocenters. The zero-order chi connectivity index (χ0) is 21.6. The van der Waals surface area contributed by atoms with Crippen molar-refractivity contribution < 1.29 is 22.2 Å². The van der Waals surface area contributed by atoms with E-state index in [2.05, 4.69) is 10.5 Å². The van der Waals surface area contributed by atoms with E-state index in [1.807, 2.05) is 13.0 Å². The average molecular weight is 435 g/mol. The predicted molar refractivity (Wildman–Crippen MR) is 114 cm³/mol. The van der Waals surface area contributed by atoms with E-state index in [-0.39, 0.29) is 23.2 Å². The van der Waals surface area contributed by atoms with Gasteiger partial charge in [-0.05, 0) is 54.2 Å². The van der Waals surface area contributed by atoms with E-state index in [0.29, 0.717) is 24.5 Å². The molecule has 1 aliphatic heterocycles. The lowest BCUT2D eigenvalue weighted by Crippen LogP contribution is -2.23. The Morgan fingerprint density at radius 1 is 1.17 bits per heavy atom. The van der Waals surface area contributed by atoms with E-state index in [9.17, 15) is 8.42 Å². The van der Waals surface area contributed by atoms with Gasteiger partial charge in [-0.2, -0.15) is 8.42 Å². The van der Waals surface area contributed by atoms with E-state index >= 15 is 0 Å². The molecule has 0 spiro atoms. The number of guanidine groups is 1. The standard InChI is InChI=1S/C20H26N4O5S/c1-14-11-16(27-9-4-10-28-24-20(21)22)13-17(12-14)29-30(25,26)18-7-2-5-15-6-3-8-23-19(15)18/h2,5,7,11-13,23H,3-4,6,8-10H2,1H3,(H4,21,22,24). The number of oxime groups is 1. The maximum Gasteiger partial charge on any atom is 0.341 e. The van der Waals surface area contributed by atoms with Crippen molar-refractivity contribution in [1.29, 1.82) is 0 Å². The van der Waals surface area contributed by atoms with Gasteiger partial charge in [-0.25, -0.2) is 0 Å². The van der Waals surface area contributed by atoms with Crippen LogP contribution in [0.1, 0.15) is 24.0 Å². The number of ether oxygens (including phenoxy) is 1. The summed E-state index contributed by atoms with van der Waals surface area (Å²) in [6.07, 6.45) is 2.34. The van der Waals surface area contributed by atoms with Crippen LogP contribution in [0.5, 0.6) is 11.5 Å². The number of hydrogen-bond acceptors (Lipinski definition) is 7. The number of nitrogens with zero attached hydrogens (tertiary/aromatic N) is 1. The van der Waals surface area contributed by atoms with Crippen LogP contribution in [0.4, 0.5) is 5.69 Å². The number of nitrogens with one attached hydrogen (secondary N) is 1. The zero-order valence-corrected chi connectivity index (χ0v) is 17.6. The summed E-state index contributed by atoms with van der Waals surface area (Å²) < 4.78 is 37.0. The smallest absolute Gasteiger partial charge is 0.341 e. The predicted octanol–water partition coefficient (Wildman–Crippen LogP) is 2.09. The molecule has 162 valence electrons. The highest BCUT2D eigenvalue weighted by molar-refractivity contribution is 7.87. The van der Waals surface area contributed by atoms with E-state index in [1.54, 1.807) is 30.3 Å². The van der Waals surface area contributed by atoms with Crippen LogP contribution >= 0.6 is 0 Å². The minimum absolute atomic E-state index is 0.139. The highest BCUT2D eigenvalue weighted by atomic mass is 32.2. The summed E-state index contributed by atoms with van der Waals surface area (Å²) in [4.78, 5) is 5.03. The Morgan fingerprint density at radius 3 is 2.77 bits per heavy atom. The summed E-state index contributed by atoms with van der Waals surface area (Å²) in [5.74, 6) is 0.540. The average Bonchev–Trinajstić information content (AvgIpc) is 2.69. The van der Waals surface area contributed by atoms with Crippen LogP contribution in [-0.2, 0) is 21.4 Å². The van der Waals surface area contributed by atoms with Crippen molar-refractivity contribution >= 4 is 21.8 Å². The molecule has 0 bridgehead atoms. The van der Waals surface area contributed by atoms with Gasteiger partial charge in [0.05, 0.1) is 12.3 Å². The van der Waals surface area contributed by atoms with Crippen molar-refractivity contribution in [3.8, 4) is 11.5 Å². The van der Waals surface area contributed by atoms with Crippen molar-refractivity contribution in [3.05, 3.63) is 47.5 Å². The van der Waals surface area contributed by atoms with Gasteiger partial charge in [0, 0.05) is 19.0 Å². The summed E-state index contributed by atoms with van der Waals surface area (Å²) in [5.41, 5.74) is 12.7. The second-order valence-electron chi connectivity index (χ2n) is 6.89. The number of rotatable bonds is 9. The number of benzene rings is 2. The SMILES string of the molecule is Cc1cc(OCCCON=C(N)N)cc(OS(=O)(=O)c2cccc3c2NCCC3)c1. The molecular weight excluding hydrogens is 408 g/mol. The van der Waals surface area contributed by atoms with Gasteiger partial charge in [-0.1, -0.05) is 12.1 Å². The third-order valence-corrected chi connectivity index (χ3v) is 5.65. The number of anilines is 1. The van der Waals surface area contributed by atoms with Crippen LogP contribution in [0.2, 0.25) is 0 Å². The molecule has 10 heteroatoms. The molecule has 1 aliphatic rings. The molecule has 2 aromatic rings. The van der Waals surface area contributed by atoms with E-state index < -0.39 is 10.1 Å². The summed E-state index contributed by atoms with van der Waals surface area (Å²) in [5, 5.41) is 6.60. The molecule has 0 fully saturated rings. The van der Waals surface area contributed by atoms with Crippen molar-refractivity contribution in [1.82, 2.24) is 0 Å². The molecule has 5 N–H and O–H groups in total. The fourth-order valence-electron chi connectivity index (χ4n) is 3.14. The molecule has 0 radical (unpaired) electrons. The van der Waals surface area contributed by atoms with Gasteiger partial charge in [-0.3, -0.25) is 0 Å². The van der Waals surface area contributed by atoms with Crippen LogP contribution in [0, 0.1) is 6.92 Å². The van der Waals surface area contributed by atoms with Crippen LogP contribution in [0.15, 0.2) is 46.4 Å². The fourth-order valence-corrected chi connectivity index (χ4v) is 4.27. The molecule has 0 aromatic heterocycles. The molecule has 0 amide bonds. The number of fused-ring (bicyclic) bond motifs is 1. The first-order valence-electron chi connectivity index (χ1n) is 9.61. The van der Waals surface area contributed by atoms with Gasteiger partial charge in [0.25, 0.3) is 0 Å². The lowest BCUT2D eigenvalue weighted by atomic mass is 10.0. The zero-order valence-electron chi connectivity index (χ0n) is 16.8. The van der Waals surface area contributed by atoms with Gasteiger partial charge in [0.2, 0.25) is 5.96 Å². The van der Waals surface area contributed by atoms with Gasteiger partial charge < -0.3 is 30.5 Å². The molecule has 3 rings (SSSR count). The number of nitrogens with two attached hydrogens (primary N) is 2. The number of hydrogen-bond donors (Lipinski definition) is 3. The molecule has 0 saturated carbocycles. The third kappa shape index (κ3) is 5.69. The van der Waals surface area contributed by atoms with Crippen LogP contribution < -0.4 is 25.7 Å². The summed E-state index contributed by atoms with van der Waals surface area (Å²) >= 11 is 0. The van der Waals surface area contributed by atoms with E-state index in [0.717, 1.165) is 30.5 Å². The van der Waals surface area contributed by atoms with Crippen molar-refractivity contribution in [2.75, 3.05) is 25.1 Å².